The number of rotatable bonds is 2. The number of hydrogen-bond acceptors (Lipinski definition) is 2. The van der Waals surface area contributed by atoms with Crippen LogP contribution in [0.25, 0.3) is 0 Å². The maximum atomic E-state index is 10.4. The van der Waals surface area contributed by atoms with Crippen LogP contribution in [0.3, 0.4) is 0 Å². The summed E-state index contributed by atoms with van der Waals surface area (Å²) in [6.45, 7) is 0. The summed E-state index contributed by atoms with van der Waals surface area (Å²) in [6.07, 6.45) is 6.42. The molecule has 0 bridgehead atoms. The van der Waals surface area contributed by atoms with Gasteiger partial charge in [-0.05, 0) is 0 Å². The molecule has 58 valence electrons. The van der Waals surface area contributed by atoms with Gasteiger partial charge in [-0.1, -0.05) is 24.1 Å². The summed E-state index contributed by atoms with van der Waals surface area (Å²) < 4.78 is 0. The first-order valence-electron chi connectivity index (χ1n) is 3.33. The lowest BCUT2D eigenvalue weighted by molar-refractivity contribution is 0.112. The van der Waals surface area contributed by atoms with E-state index in [9.17, 15) is 9.59 Å². The Morgan fingerprint density at radius 2 is 1.67 bits per heavy atom. The van der Waals surface area contributed by atoms with Crippen molar-refractivity contribution in [2.75, 3.05) is 0 Å². The van der Waals surface area contributed by atoms with E-state index in [1.807, 2.05) is 0 Å². The van der Waals surface area contributed by atoms with Crippen LogP contribution >= 0.6 is 0 Å². The number of carbonyl (C=O) groups excluding carboxylic acids is 2. The highest BCUT2D eigenvalue weighted by molar-refractivity contribution is 5.88. The Hall–Kier alpha value is -1.88. The van der Waals surface area contributed by atoms with Crippen molar-refractivity contribution in [2.45, 2.75) is 0 Å². The molecule has 0 aliphatic heterocycles. The second kappa shape index (κ2) is 3.49. The fourth-order valence-corrected chi connectivity index (χ4v) is 0.952. The van der Waals surface area contributed by atoms with Crippen LogP contribution in [0.1, 0.15) is 26.3 Å². The molecule has 0 N–H and O–H groups in total. The van der Waals surface area contributed by atoms with E-state index in [4.69, 9.17) is 6.42 Å². The lowest BCUT2D eigenvalue weighted by atomic mass is 10.0. The van der Waals surface area contributed by atoms with E-state index in [-0.39, 0.29) is 0 Å². The maximum absolute atomic E-state index is 10.4. The molecule has 2 heteroatoms. The molecular weight excluding hydrogens is 152 g/mol. The van der Waals surface area contributed by atoms with Crippen LogP contribution in [-0.2, 0) is 0 Å². The van der Waals surface area contributed by atoms with Gasteiger partial charge < -0.3 is 0 Å². The number of terminal acetylenes is 1. The van der Waals surface area contributed by atoms with E-state index in [1.54, 1.807) is 18.2 Å². The molecular formula is C10H6O2. The first-order valence-corrected chi connectivity index (χ1v) is 3.33. The van der Waals surface area contributed by atoms with E-state index < -0.39 is 0 Å². The molecule has 0 radical (unpaired) electrons. The van der Waals surface area contributed by atoms with Crippen LogP contribution in [-0.4, -0.2) is 12.6 Å². The minimum Gasteiger partial charge on any atom is -0.298 e. The van der Waals surface area contributed by atoms with Gasteiger partial charge in [0.15, 0.2) is 12.6 Å². The summed E-state index contributed by atoms with van der Waals surface area (Å²) >= 11 is 0. The Kier molecular flexibility index (Phi) is 2.39. The van der Waals surface area contributed by atoms with Gasteiger partial charge in [-0.25, -0.2) is 0 Å². The molecule has 0 saturated heterocycles. The lowest BCUT2D eigenvalue weighted by Gasteiger charge is -1.98. The van der Waals surface area contributed by atoms with Crippen molar-refractivity contribution in [1.82, 2.24) is 0 Å². The fourth-order valence-electron chi connectivity index (χ4n) is 0.952. The van der Waals surface area contributed by atoms with Crippen molar-refractivity contribution >= 4 is 12.6 Å². The zero-order valence-corrected chi connectivity index (χ0v) is 6.28. The number of hydrogen-bond donors (Lipinski definition) is 0. The second-order valence-corrected chi connectivity index (χ2v) is 2.19. The fraction of sp³-hybridized carbons (Fsp3) is 0. The zero-order chi connectivity index (χ0) is 8.97. The summed E-state index contributed by atoms with van der Waals surface area (Å²) in [7, 11) is 0. The third-order valence-corrected chi connectivity index (χ3v) is 1.53. The second-order valence-electron chi connectivity index (χ2n) is 2.19. The molecule has 0 heterocycles. The normalized spacial score (nSPS) is 8.58. The highest BCUT2D eigenvalue weighted by Gasteiger charge is 2.02. The van der Waals surface area contributed by atoms with E-state index in [0.717, 1.165) is 0 Å². The molecule has 0 spiro atoms. The standard InChI is InChI=1S/C10H6O2/c1-2-10-8(6-11)4-3-5-9(10)7-12/h1,3-7H. The first-order chi connectivity index (χ1) is 5.83. The molecule has 0 aliphatic rings. The molecule has 0 amide bonds. The first kappa shape index (κ1) is 8.22. The molecule has 1 rings (SSSR count). The van der Waals surface area contributed by atoms with E-state index in [0.29, 0.717) is 29.3 Å². The summed E-state index contributed by atoms with van der Waals surface area (Å²) in [6, 6.07) is 4.78. The van der Waals surface area contributed by atoms with Crippen LogP contribution in [0, 0.1) is 12.3 Å². The molecule has 0 unspecified atom stereocenters. The highest BCUT2D eigenvalue weighted by Crippen LogP contribution is 2.09. The topological polar surface area (TPSA) is 34.1 Å². The Morgan fingerprint density at radius 3 is 2.00 bits per heavy atom. The van der Waals surface area contributed by atoms with Crippen molar-refractivity contribution in [1.29, 1.82) is 0 Å². The van der Waals surface area contributed by atoms with Gasteiger partial charge in [-0.3, -0.25) is 9.59 Å². The van der Waals surface area contributed by atoms with Crippen LogP contribution in [0.2, 0.25) is 0 Å². The summed E-state index contributed by atoms with van der Waals surface area (Å²) in [5.74, 6) is 2.30. The van der Waals surface area contributed by atoms with Crippen LogP contribution in [0.5, 0.6) is 0 Å². The Labute approximate surface area is 70.2 Å². The number of carbonyl (C=O) groups is 2. The molecule has 0 aliphatic carbocycles. The Morgan fingerprint density at radius 1 is 1.17 bits per heavy atom. The monoisotopic (exact) mass is 158 g/mol. The average Bonchev–Trinajstić information content (AvgIpc) is 2.16. The van der Waals surface area contributed by atoms with Crippen molar-refractivity contribution in [3.63, 3.8) is 0 Å². The molecule has 1 aromatic carbocycles. The highest BCUT2D eigenvalue weighted by atomic mass is 16.1. The van der Waals surface area contributed by atoms with Crippen molar-refractivity contribution < 1.29 is 9.59 Å². The minimum atomic E-state index is 0.363. The quantitative estimate of drug-likeness (QED) is 0.480. The van der Waals surface area contributed by atoms with E-state index in [1.165, 1.54) is 0 Å². The van der Waals surface area contributed by atoms with E-state index >= 15 is 0 Å². The van der Waals surface area contributed by atoms with Gasteiger partial charge in [0.1, 0.15) is 0 Å². The van der Waals surface area contributed by atoms with Crippen LogP contribution < -0.4 is 0 Å². The molecule has 1 aromatic rings. The molecule has 0 atom stereocenters. The van der Waals surface area contributed by atoms with Gasteiger partial charge in [0, 0.05) is 16.7 Å². The van der Waals surface area contributed by atoms with Gasteiger partial charge in [-0.15, -0.1) is 6.42 Å². The molecule has 0 saturated carbocycles. The molecule has 12 heavy (non-hydrogen) atoms. The van der Waals surface area contributed by atoms with Crippen LogP contribution in [0.15, 0.2) is 18.2 Å². The summed E-state index contributed by atoms with van der Waals surface area (Å²) in [4.78, 5) is 20.9. The maximum Gasteiger partial charge on any atom is 0.151 e. The molecule has 2 nitrogen and oxygen atoms in total. The summed E-state index contributed by atoms with van der Waals surface area (Å²) in [5, 5.41) is 0. The lowest BCUT2D eigenvalue weighted by Crippen LogP contribution is -1.93. The summed E-state index contributed by atoms with van der Waals surface area (Å²) in [5.41, 5.74) is 1.12. The van der Waals surface area contributed by atoms with Crippen molar-refractivity contribution in [3.05, 3.63) is 34.9 Å². The zero-order valence-electron chi connectivity index (χ0n) is 6.28. The number of aldehydes is 2. The van der Waals surface area contributed by atoms with E-state index in [2.05, 4.69) is 5.92 Å². The predicted molar refractivity (Wildman–Crippen MR) is 45.2 cm³/mol. The van der Waals surface area contributed by atoms with Gasteiger partial charge in [-0.2, -0.15) is 0 Å². The largest absolute Gasteiger partial charge is 0.298 e. The van der Waals surface area contributed by atoms with Crippen molar-refractivity contribution in [3.8, 4) is 12.3 Å². The van der Waals surface area contributed by atoms with Crippen molar-refractivity contribution in [2.24, 2.45) is 0 Å². The van der Waals surface area contributed by atoms with Gasteiger partial charge in [0.25, 0.3) is 0 Å². The minimum absolute atomic E-state index is 0.363. The predicted octanol–water partition coefficient (Wildman–Crippen LogP) is 1.29. The van der Waals surface area contributed by atoms with Gasteiger partial charge >= 0.3 is 0 Å². The average molecular weight is 158 g/mol. The third-order valence-electron chi connectivity index (χ3n) is 1.53. The van der Waals surface area contributed by atoms with Gasteiger partial charge in [0.2, 0.25) is 0 Å². The Balaban J connectivity index is 3.44. The Bertz CT molecular complexity index is 332. The van der Waals surface area contributed by atoms with Crippen LogP contribution in [0.4, 0.5) is 0 Å². The number of benzene rings is 1. The SMILES string of the molecule is C#Cc1c(C=O)cccc1C=O. The molecule has 0 fully saturated rings. The smallest absolute Gasteiger partial charge is 0.151 e. The van der Waals surface area contributed by atoms with Gasteiger partial charge in [0.05, 0.1) is 0 Å². The third kappa shape index (κ3) is 1.25. The molecule has 0 aromatic heterocycles.